The molecule has 0 radical (unpaired) electrons. The van der Waals surface area contributed by atoms with Crippen molar-refractivity contribution < 1.29 is 0 Å². The van der Waals surface area contributed by atoms with E-state index in [2.05, 4.69) is 55.6 Å². The van der Waals surface area contributed by atoms with Crippen molar-refractivity contribution in [3.8, 4) is 5.69 Å². The third kappa shape index (κ3) is 2.24. The van der Waals surface area contributed by atoms with Gasteiger partial charge >= 0.3 is 0 Å². The van der Waals surface area contributed by atoms with Gasteiger partial charge in [0.1, 0.15) is 0 Å². The highest BCUT2D eigenvalue weighted by atomic mass is 15.3. The Balaban J connectivity index is 2.50. The Labute approximate surface area is 102 Å². The summed E-state index contributed by atoms with van der Waals surface area (Å²) in [6.07, 6.45) is 2.11. The van der Waals surface area contributed by atoms with Gasteiger partial charge in [-0.1, -0.05) is 18.2 Å². The summed E-state index contributed by atoms with van der Waals surface area (Å²) < 4.78 is 1.99. The van der Waals surface area contributed by atoms with Gasteiger partial charge in [0, 0.05) is 18.3 Å². The first-order valence-electron chi connectivity index (χ1n) is 5.90. The predicted molar refractivity (Wildman–Crippen MR) is 70.5 cm³/mol. The summed E-state index contributed by atoms with van der Waals surface area (Å²) in [5.41, 5.74) is 6.03. The minimum atomic E-state index is 0.858. The van der Waals surface area contributed by atoms with E-state index in [4.69, 9.17) is 0 Å². The molecule has 3 nitrogen and oxygen atoms in total. The van der Waals surface area contributed by atoms with Crippen molar-refractivity contribution in [2.45, 2.75) is 27.3 Å². The Morgan fingerprint density at radius 3 is 2.41 bits per heavy atom. The van der Waals surface area contributed by atoms with Crippen LogP contribution in [-0.4, -0.2) is 16.8 Å². The van der Waals surface area contributed by atoms with Gasteiger partial charge in [-0.2, -0.15) is 5.10 Å². The highest BCUT2D eigenvalue weighted by Crippen LogP contribution is 2.19. The maximum atomic E-state index is 4.60. The molecule has 0 saturated carbocycles. The minimum Gasteiger partial charge on any atom is -0.316 e. The smallest absolute Gasteiger partial charge is 0.0704 e. The summed E-state index contributed by atoms with van der Waals surface area (Å²) in [6.45, 7) is 7.15. The summed E-state index contributed by atoms with van der Waals surface area (Å²) in [5, 5.41) is 7.76. The van der Waals surface area contributed by atoms with Crippen molar-refractivity contribution in [3.05, 3.63) is 46.8 Å². The summed E-state index contributed by atoms with van der Waals surface area (Å²) >= 11 is 0. The van der Waals surface area contributed by atoms with Crippen LogP contribution in [0, 0.1) is 20.8 Å². The number of aromatic nitrogens is 2. The van der Waals surface area contributed by atoms with E-state index in [0.717, 1.165) is 12.2 Å². The largest absolute Gasteiger partial charge is 0.316 e. The zero-order valence-corrected chi connectivity index (χ0v) is 10.9. The number of para-hydroxylation sites is 1. The van der Waals surface area contributed by atoms with E-state index in [1.807, 2.05) is 11.7 Å². The average Bonchev–Trinajstić information content (AvgIpc) is 2.60. The van der Waals surface area contributed by atoms with Gasteiger partial charge in [-0.25, -0.2) is 4.68 Å². The fraction of sp³-hybridized carbons (Fsp3) is 0.357. The van der Waals surface area contributed by atoms with Crippen molar-refractivity contribution in [1.29, 1.82) is 0 Å². The molecule has 0 saturated heterocycles. The Kier molecular flexibility index (Phi) is 3.29. The van der Waals surface area contributed by atoms with Gasteiger partial charge < -0.3 is 5.32 Å². The van der Waals surface area contributed by atoms with Gasteiger partial charge in [-0.3, -0.25) is 0 Å². The molecule has 0 amide bonds. The predicted octanol–water partition coefficient (Wildman–Crippen LogP) is 2.52. The lowest BCUT2D eigenvalue weighted by Gasteiger charge is -2.09. The van der Waals surface area contributed by atoms with Crippen LogP contribution in [0.15, 0.2) is 24.4 Å². The Bertz CT molecular complexity index is 506. The van der Waals surface area contributed by atoms with Crippen LogP contribution in [0.3, 0.4) is 0 Å². The average molecular weight is 229 g/mol. The first-order chi connectivity index (χ1) is 8.13. The zero-order valence-electron chi connectivity index (χ0n) is 10.9. The fourth-order valence-corrected chi connectivity index (χ4v) is 2.14. The molecule has 90 valence electrons. The van der Waals surface area contributed by atoms with Crippen molar-refractivity contribution in [3.63, 3.8) is 0 Å². The van der Waals surface area contributed by atoms with Crippen molar-refractivity contribution in [2.24, 2.45) is 0 Å². The monoisotopic (exact) mass is 229 g/mol. The molecule has 3 heteroatoms. The molecule has 1 N–H and O–H groups in total. The molecular weight excluding hydrogens is 210 g/mol. The maximum absolute atomic E-state index is 4.60. The Hall–Kier alpha value is -1.61. The number of nitrogens with one attached hydrogen (secondary N) is 1. The van der Waals surface area contributed by atoms with Gasteiger partial charge in [0.05, 0.1) is 11.4 Å². The van der Waals surface area contributed by atoms with Crippen LogP contribution >= 0.6 is 0 Å². The second-order valence-corrected chi connectivity index (χ2v) is 4.46. The molecule has 1 aromatic heterocycles. The number of nitrogens with zero attached hydrogens (tertiary/aromatic N) is 2. The lowest BCUT2D eigenvalue weighted by Crippen LogP contribution is -2.05. The zero-order chi connectivity index (χ0) is 12.4. The van der Waals surface area contributed by atoms with E-state index in [1.54, 1.807) is 0 Å². The van der Waals surface area contributed by atoms with Crippen molar-refractivity contribution in [1.82, 2.24) is 15.1 Å². The number of benzene rings is 1. The number of hydrogen-bond donors (Lipinski definition) is 1. The number of rotatable bonds is 3. The second-order valence-electron chi connectivity index (χ2n) is 4.46. The molecule has 2 aromatic rings. The van der Waals surface area contributed by atoms with Crippen LogP contribution in [0.25, 0.3) is 5.69 Å². The highest BCUT2D eigenvalue weighted by Gasteiger charge is 2.09. The van der Waals surface area contributed by atoms with E-state index in [9.17, 15) is 0 Å². The van der Waals surface area contributed by atoms with Crippen LogP contribution in [-0.2, 0) is 6.54 Å². The van der Waals surface area contributed by atoms with Gasteiger partial charge in [-0.15, -0.1) is 0 Å². The van der Waals surface area contributed by atoms with Crippen molar-refractivity contribution in [2.75, 3.05) is 7.05 Å². The quantitative estimate of drug-likeness (QED) is 0.876. The minimum absolute atomic E-state index is 0.858. The molecule has 0 aliphatic rings. The van der Waals surface area contributed by atoms with E-state index in [1.165, 1.54) is 22.4 Å². The fourth-order valence-electron chi connectivity index (χ4n) is 2.14. The molecule has 0 bridgehead atoms. The third-order valence-corrected chi connectivity index (χ3v) is 3.04. The normalized spacial score (nSPS) is 10.8. The van der Waals surface area contributed by atoms with Gasteiger partial charge in [0.25, 0.3) is 0 Å². The van der Waals surface area contributed by atoms with Gasteiger partial charge in [0.2, 0.25) is 0 Å². The molecule has 1 aromatic carbocycles. The first-order valence-corrected chi connectivity index (χ1v) is 5.90. The second kappa shape index (κ2) is 4.72. The first kappa shape index (κ1) is 11.9. The van der Waals surface area contributed by atoms with Gasteiger partial charge in [0.15, 0.2) is 0 Å². The van der Waals surface area contributed by atoms with Crippen LogP contribution in [0.1, 0.15) is 22.4 Å². The van der Waals surface area contributed by atoms with Crippen LogP contribution in [0.2, 0.25) is 0 Å². The molecule has 2 rings (SSSR count). The SMILES string of the molecule is CNCc1cn(-c2c(C)cccc2C)nc1C. The molecule has 0 atom stereocenters. The molecule has 0 fully saturated rings. The lowest BCUT2D eigenvalue weighted by molar-refractivity contribution is 0.812. The molecule has 0 unspecified atom stereocenters. The number of aryl methyl sites for hydroxylation is 3. The van der Waals surface area contributed by atoms with Gasteiger partial charge in [-0.05, 0) is 38.9 Å². The summed E-state index contributed by atoms with van der Waals surface area (Å²) in [6, 6.07) is 6.33. The molecule has 0 aliphatic heterocycles. The van der Waals surface area contributed by atoms with E-state index >= 15 is 0 Å². The summed E-state index contributed by atoms with van der Waals surface area (Å²) in [5.74, 6) is 0. The van der Waals surface area contributed by atoms with Crippen LogP contribution in [0.4, 0.5) is 0 Å². The van der Waals surface area contributed by atoms with E-state index in [0.29, 0.717) is 0 Å². The molecule has 0 aliphatic carbocycles. The van der Waals surface area contributed by atoms with Crippen molar-refractivity contribution >= 4 is 0 Å². The Morgan fingerprint density at radius 1 is 1.18 bits per heavy atom. The highest BCUT2D eigenvalue weighted by molar-refractivity contribution is 5.46. The molecule has 1 heterocycles. The third-order valence-electron chi connectivity index (χ3n) is 3.04. The maximum Gasteiger partial charge on any atom is 0.0704 e. The topological polar surface area (TPSA) is 29.9 Å². The Morgan fingerprint density at radius 2 is 1.82 bits per heavy atom. The summed E-state index contributed by atoms with van der Waals surface area (Å²) in [4.78, 5) is 0. The van der Waals surface area contributed by atoms with E-state index < -0.39 is 0 Å². The molecule has 0 spiro atoms. The van der Waals surface area contributed by atoms with Crippen LogP contribution < -0.4 is 5.32 Å². The molecule has 17 heavy (non-hydrogen) atoms. The standard InChI is InChI=1S/C14H19N3/c1-10-6-5-7-11(2)14(10)17-9-13(8-15-4)12(3)16-17/h5-7,9,15H,8H2,1-4H3. The van der Waals surface area contributed by atoms with E-state index in [-0.39, 0.29) is 0 Å². The number of hydrogen-bond acceptors (Lipinski definition) is 2. The van der Waals surface area contributed by atoms with Crippen LogP contribution in [0.5, 0.6) is 0 Å². The molecular formula is C14H19N3. The lowest BCUT2D eigenvalue weighted by atomic mass is 10.1. The summed E-state index contributed by atoms with van der Waals surface area (Å²) in [7, 11) is 1.95.